The number of halogens is 2. The van der Waals surface area contributed by atoms with Gasteiger partial charge in [-0.15, -0.1) is 0 Å². The van der Waals surface area contributed by atoms with Gasteiger partial charge in [-0.1, -0.05) is 60.6 Å². The van der Waals surface area contributed by atoms with Gasteiger partial charge in [-0.2, -0.15) is 0 Å². The van der Waals surface area contributed by atoms with Crippen LogP contribution in [0.4, 0.5) is 11.4 Å². The van der Waals surface area contributed by atoms with Crippen LogP contribution in [-0.2, 0) is 53.9 Å². The van der Waals surface area contributed by atoms with Crippen LogP contribution in [0.3, 0.4) is 0 Å². The Morgan fingerprint density at radius 2 is 1.00 bits per heavy atom. The fraction of sp³-hybridized carbons (Fsp3) is 0.583. The van der Waals surface area contributed by atoms with Gasteiger partial charge < -0.3 is 59.0 Å². The van der Waals surface area contributed by atoms with E-state index in [1.54, 1.807) is 12.1 Å². The minimum absolute atomic E-state index is 0.0857. The summed E-state index contributed by atoms with van der Waals surface area (Å²) < 4.78 is 26.2. The first kappa shape index (κ1) is 61.4. The molecule has 8 bridgehead atoms. The van der Waals surface area contributed by atoms with E-state index in [-0.39, 0.29) is 35.9 Å². The van der Waals surface area contributed by atoms with Crippen LogP contribution in [0.1, 0.15) is 136 Å². The van der Waals surface area contributed by atoms with E-state index >= 15 is 0 Å². The van der Waals surface area contributed by atoms with E-state index in [4.69, 9.17) is 42.1 Å². The van der Waals surface area contributed by atoms with E-state index in [9.17, 15) is 30.0 Å². The zero-order chi connectivity index (χ0) is 61.3. The van der Waals surface area contributed by atoms with E-state index in [2.05, 4.69) is 47.2 Å². The predicted molar refractivity (Wildman–Crippen MR) is 343 cm³/mol. The maximum atomic E-state index is 12.8. The summed E-state index contributed by atoms with van der Waals surface area (Å²) in [6.07, 6.45) is 17.5. The molecule has 6 aliphatic heterocycles. The monoisotopic (exact) mass is 1240 g/mol. The second-order valence-electron chi connectivity index (χ2n) is 28.4. The van der Waals surface area contributed by atoms with Crippen molar-refractivity contribution in [1.29, 1.82) is 0 Å². The molecule has 16 heteroatoms. The summed E-state index contributed by atoms with van der Waals surface area (Å²) in [5.74, 6) is 2.05. The van der Waals surface area contributed by atoms with Crippen molar-refractivity contribution in [3.8, 4) is 11.5 Å². The second-order valence-corrected chi connectivity index (χ2v) is 29.3. The lowest BCUT2D eigenvalue weighted by atomic mass is 9.67. The number of rotatable bonds is 2. The number of aliphatic hydroxyl groups is 2. The lowest BCUT2D eigenvalue weighted by Crippen LogP contribution is -2.50. The van der Waals surface area contributed by atoms with Crippen LogP contribution in [0.25, 0.3) is 0 Å². The maximum absolute atomic E-state index is 12.8. The molecule has 4 N–H and O–H groups in total. The number of benzene rings is 4. The highest BCUT2D eigenvalue weighted by atomic mass is 35.5. The van der Waals surface area contributed by atoms with Gasteiger partial charge in [-0.05, 0) is 220 Å². The van der Waals surface area contributed by atoms with Crippen LogP contribution in [0.2, 0.25) is 10.0 Å². The molecule has 4 fully saturated rings. The smallest absolute Gasteiger partial charge is 0.340 e. The third kappa shape index (κ3) is 11.7. The number of hydrogen-bond donors (Lipinski definition) is 4. The highest BCUT2D eigenvalue weighted by molar-refractivity contribution is 6.31. The minimum atomic E-state index is -2.11. The molecule has 0 amide bonds. The number of aryl methyl sites for hydroxylation is 2. The summed E-state index contributed by atoms with van der Waals surface area (Å²) in [4.78, 5) is 34.5. The number of carboxylic acids is 2. The van der Waals surface area contributed by atoms with Crippen LogP contribution in [0, 0.1) is 35.5 Å². The van der Waals surface area contributed by atoms with Gasteiger partial charge in [0.1, 0.15) is 11.5 Å². The Bertz CT molecular complexity index is 3110. The average molecular weight is 1240 g/mol. The van der Waals surface area contributed by atoms with Crippen LogP contribution in [-0.4, -0.2) is 134 Å². The molecule has 2 saturated carbocycles. The molecule has 10 aliphatic rings. The van der Waals surface area contributed by atoms with E-state index in [0.717, 1.165) is 175 Å². The molecule has 0 unspecified atom stereocenters. The zero-order valence-corrected chi connectivity index (χ0v) is 53.1. The van der Waals surface area contributed by atoms with E-state index in [1.807, 2.05) is 60.3 Å². The Hall–Kier alpha value is -5.48. The number of nitrogens with zero attached hydrogens (tertiary/aromatic N) is 4. The van der Waals surface area contributed by atoms with E-state index in [0.29, 0.717) is 71.2 Å². The topological polar surface area (TPSA) is 165 Å². The van der Waals surface area contributed by atoms with Gasteiger partial charge in [-0.3, -0.25) is 0 Å². The summed E-state index contributed by atoms with van der Waals surface area (Å²) >= 11 is 12.9. The van der Waals surface area contributed by atoms with Crippen molar-refractivity contribution < 1.29 is 49.0 Å². The molecule has 6 heterocycles. The van der Waals surface area contributed by atoms with Gasteiger partial charge in [0.15, 0.2) is 11.2 Å². The molecule has 4 aliphatic carbocycles. The summed E-state index contributed by atoms with van der Waals surface area (Å²) in [5.41, 5.74) is 4.21. The van der Waals surface area contributed by atoms with Gasteiger partial charge in [-0.25, -0.2) is 9.59 Å². The number of ether oxygens (including phenoxy) is 4. The number of fused-ring (bicyclic) bond motifs is 14. The van der Waals surface area contributed by atoms with Crippen LogP contribution in [0.15, 0.2) is 97.3 Å². The van der Waals surface area contributed by atoms with Crippen molar-refractivity contribution in [1.82, 2.24) is 9.80 Å². The maximum Gasteiger partial charge on any atom is 0.340 e. The molecular weight excluding hydrogens is 1150 g/mol. The predicted octanol–water partition coefficient (Wildman–Crippen LogP) is 12.3. The van der Waals surface area contributed by atoms with Gasteiger partial charge in [0.25, 0.3) is 0 Å². The van der Waals surface area contributed by atoms with Gasteiger partial charge in [0, 0.05) is 112 Å². The van der Waals surface area contributed by atoms with Gasteiger partial charge >= 0.3 is 11.9 Å². The molecule has 2 saturated heterocycles. The third-order valence-corrected chi connectivity index (χ3v) is 23.6. The Morgan fingerprint density at radius 3 is 1.40 bits per heavy atom. The van der Waals surface area contributed by atoms with E-state index < -0.39 is 23.1 Å². The highest BCUT2D eigenvalue weighted by Crippen LogP contribution is 2.52. The van der Waals surface area contributed by atoms with Crippen molar-refractivity contribution >= 4 is 46.5 Å². The molecule has 0 radical (unpaired) electrons. The quantitative estimate of drug-likeness (QED) is 0.150. The van der Waals surface area contributed by atoms with Gasteiger partial charge in [0.2, 0.25) is 0 Å². The molecule has 12 atom stereocenters. The Kier molecular flexibility index (Phi) is 17.2. The fourth-order valence-corrected chi connectivity index (χ4v) is 17.8. The normalized spacial score (nSPS) is 33.8. The van der Waals surface area contributed by atoms with Crippen molar-refractivity contribution in [3.05, 3.63) is 141 Å². The number of carboxylic acid groups (broad SMARTS) is 2. The molecule has 4 aromatic carbocycles. The summed E-state index contributed by atoms with van der Waals surface area (Å²) in [6.45, 7) is 15.9. The Morgan fingerprint density at radius 1 is 0.568 bits per heavy atom. The first-order chi connectivity index (χ1) is 42.3. The second kappa shape index (κ2) is 24.6. The average Bonchev–Trinajstić information content (AvgIpc) is 1.68. The largest absolute Gasteiger partial charge is 0.490 e. The third-order valence-electron chi connectivity index (χ3n) is 23.1. The molecule has 88 heavy (non-hydrogen) atoms. The molecule has 2 spiro atoms. The van der Waals surface area contributed by atoms with Crippen LogP contribution < -0.4 is 19.3 Å². The number of hydrogen-bond acceptors (Lipinski definition) is 12. The van der Waals surface area contributed by atoms with Crippen LogP contribution in [0.5, 0.6) is 11.5 Å². The molecular formula is C72H90Cl2N4O10. The first-order valence-corrected chi connectivity index (χ1v) is 33.6. The number of anilines is 2. The molecule has 0 aromatic heterocycles. The Balaban J connectivity index is 0.000000162. The number of carbonyl (C=O) groups is 2. The molecule has 472 valence electrons. The van der Waals surface area contributed by atoms with Crippen LogP contribution >= 0.6 is 23.2 Å². The molecule has 14 nitrogen and oxygen atoms in total. The molecule has 14 rings (SSSR count). The lowest BCUT2D eigenvalue weighted by Gasteiger charge is -2.48. The van der Waals surface area contributed by atoms with Crippen molar-refractivity contribution in [3.63, 3.8) is 0 Å². The van der Waals surface area contributed by atoms with Crippen molar-refractivity contribution in [2.24, 2.45) is 35.5 Å². The standard InChI is InChI=1S/2C36H45ClN2O5/c2*1-23-19-36(42,34(40)41)27-6-10-32-31(18-27)39(21-35(22-44-32)13-3-4-25-17-28(37)7-9-30(25)35)20-26-5-8-29(26)33-16-24(12-15-43-33)11-14-38(23)2/h2*6-7,9-10,17-18,24,26,29,33,42H,1,3-5,8,11-16,19-22H2,2H3,(H,40,41)/t24-,26-,29+,33-,35-,36+;24-,26-,29+,33-,35-,36-/m00/s1. The Labute approximate surface area is 529 Å². The van der Waals surface area contributed by atoms with Gasteiger partial charge in [0.05, 0.1) is 36.8 Å². The number of aliphatic carboxylic acids is 2. The SMILES string of the molecule is C=C1C[C@@](O)(C(=O)O)c2ccc3c(c2)N(C[C@@H]2CC[C@H]2[C@@H]2C[C@H](CCO2)CCN1C)C[C@@]1(CCCc2cc(Cl)ccc21)CO3.C=C1C[C@](O)(C(=O)O)c2ccc3c(c2)N(C[C@@H]2CC[C@H]2[C@@H]2C[C@H](CCO2)CCN1C)C[C@@]1(CCCc2cc(Cl)ccc21)CO3. The summed E-state index contributed by atoms with van der Waals surface area (Å²) in [5, 5.41) is 46.0. The van der Waals surface area contributed by atoms with Crippen molar-refractivity contribution in [2.75, 3.05) is 89.6 Å². The first-order valence-electron chi connectivity index (χ1n) is 32.9. The van der Waals surface area contributed by atoms with E-state index in [1.165, 1.54) is 35.1 Å². The summed E-state index contributed by atoms with van der Waals surface area (Å²) in [7, 11) is 3.90. The van der Waals surface area contributed by atoms with Crippen molar-refractivity contribution in [2.45, 2.75) is 150 Å². The lowest BCUT2D eigenvalue weighted by molar-refractivity contribution is -0.160. The summed E-state index contributed by atoms with van der Waals surface area (Å²) in [6, 6.07) is 23.5. The fourth-order valence-electron chi connectivity index (χ4n) is 17.4. The zero-order valence-electron chi connectivity index (χ0n) is 51.5. The molecule has 4 aromatic rings. The minimum Gasteiger partial charge on any atom is -0.490 e. The highest BCUT2D eigenvalue weighted by Gasteiger charge is 2.50.